The quantitative estimate of drug-likeness (QED) is 0.587. The van der Waals surface area contributed by atoms with E-state index >= 15 is 0 Å². The van der Waals surface area contributed by atoms with Crippen LogP contribution in [0, 0.1) is 13.8 Å². The molecule has 114 valence electrons. The fraction of sp³-hybridized carbons (Fsp3) is 0.158. The van der Waals surface area contributed by atoms with Crippen LogP contribution in [0.15, 0.2) is 42.5 Å². The normalized spacial score (nSPS) is 11.9. The molecule has 0 atom stereocenters. The van der Waals surface area contributed by atoms with Crippen molar-refractivity contribution in [2.24, 2.45) is 0 Å². The average molecular weight is 320 g/mol. The molecule has 1 aliphatic carbocycles. The Kier molecular flexibility index (Phi) is 3.27. The summed E-state index contributed by atoms with van der Waals surface area (Å²) in [6.45, 7) is 3.99. The second kappa shape index (κ2) is 5.32. The van der Waals surface area contributed by atoms with E-state index < -0.39 is 0 Å². The minimum absolute atomic E-state index is 0.0908. The van der Waals surface area contributed by atoms with Gasteiger partial charge in [0.15, 0.2) is 5.13 Å². The summed E-state index contributed by atoms with van der Waals surface area (Å²) in [5.74, 6) is -0.0908. The molecule has 0 saturated carbocycles. The number of nitrogens with one attached hydrogen (secondary N) is 1. The summed E-state index contributed by atoms with van der Waals surface area (Å²) in [6.07, 6.45) is 0.905. The number of carbonyl (C=O) groups excluding carboxylic acids is 1. The molecular weight excluding hydrogens is 304 g/mol. The van der Waals surface area contributed by atoms with Gasteiger partial charge in [-0.3, -0.25) is 10.1 Å². The van der Waals surface area contributed by atoms with E-state index in [2.05, 4.69) is 28.5 Å². The summed E-state index contributed by atoms with van der Waals surface area (Å²) >= 11 is 1.57. The van der Waals surface area contributed by atoms with Gasteiger partial charge in [0.25, 0.3) is 5.91 Å². The number of aryl methyl sites for hydroxylation is 1. The van der Waals surface area contributed by atoms with Crippen LogP contribution >= 0.6 is 11.3 Å². The van der Waals surface area contributed by atoms with Crippen LogP contribution in [0.3, 0.4) is 0 Å². The lowest BCUT2D eigenvalue weighted by Gasteiger charge is -2.07. The number of rotatable bonds is 2. The molecule has 0 saturated heterocycles. The van der Waals surface area contributed by atoms with Crippen molar-refractivity contribution in [2.45, 2.75) is 20.3 Å². The molecule has 1 aliphatic rings. The van der Waals surface area contributed by atoms with E-state index in [1.165, 1.54) is 16.0 Å². The highest BCUT2D eigenvalue weighted by Crippen LogP contribution is 2.40. The highest BCUT2D eigenvalue weighted by atomic mass is 32.1. The number of hydrogen-bond donors (Lipinski definition) is 1. The minimum Gasteiger partial charge on any atom is -0.298 e. The van der Waals surface area contributed by atoms with Gasteiger partial charge in [0.05, 0.1) is 5.69 Å². The number of amides is 1. The van der Waals surface area contributed by atoms with Crippen molar-refractivity contribution in [3.8, 4) is 11.3 Å². The third kappa shape index (κ3) is 2.35. The molecule has 0 spiro atoms. The van der Waals surface area contributed by atoms with Crippen molar-refractivity contribution in [1.82, 2.24) is 4.98 Å². The third-order valence-electron chi connectivity index (χ3n) is 4.39. The number of benzene rings is 2. The molecule has 0 radical (unpaired) electrons. The van der Waals surface area contributed by atoms with Gasteiger partial charge in [0, 0.05) is 22.4 Å². The fourth-order valence-corrected chi connectivity index (χ4v) is 3.97. The number of anilines is 1. The van der Waals surface area contributed by atoms with E-state index in [1.54, 1.807) is 11.3 Å². The maximum Gasteiger partial charge on any atom is 0.257 e. The summed E-state index contributed by atoms with van der Waals surface area (Å²) in [5.41, 5.74) is 6.36. The molecule has 0 fully saturated rings. The molecule has 4 rings (SSSR count). The van der Waals surface area contributed by atoms with E-state index in [-0.39, 0.29) is 5.91 Å². The van der Waals surface area contributed by atoms with E-state index in [0.29, 0.717) is 10.7 Å². The molecule has 1 N–H and O–H groups in total. The first kappa shape index (κ1) is 14.2. The van der Waals surface area contributed by atoms with Gasteiger partial charge >= 0.3 is 0 Å². The number of aromatic nitrogens is 1. The number of fused-ring (bicyclic) bond motifs is 3. The third-order valence-corrected chi connectivity index (χ3v) is 5.36. The zero-order valence-corrected chi connectivity index (χ0v) is 13.8. The van der Waals surface area contributed by atoms with Crippen LogP contribution in [0.2, 0.25) is 0 Å². The highest BCUT2D eigenvalue weighted by molar-refractivity contribution is 7.16. The largest absolute Gasteiger partial charge is 0.298 e. The van der Waals surface area contributed by atoms with E-state index in [9.17, 15) is 4.79 Å². The van der Waals surface area contributed by atoms with Crippen LogP contribution in [0.4, 0.5) is 5.13 Å². The Balaban J connectivity index is 1.62. The lowest BCUT2D eigenvalue weighted by atomic mass is 10.0. The van der Waals surface area contributed by atoms with Gasteiger partial charge in [-0.15, -0.1) is 11.3 Å². The van der Waals surface area contributed by atoms with Crippen LogP contribution < -0.4 is 5.32 Å². The van der Waals surface area contributed by atoms with Gasteiger partial charge in [0.1, 0.15) is 0 Å². The van der Waals surface area contributed by atoms with Crippen LogP contribution in [-0.4, -0.2) is 10.9 Å². The lowest BCUT2D eigenvalue weighted by molar-refractivity contribution is 0.102. The van der Waals surface area contributed by atoms with Crippen LogP contribution in [0.5, 0.6) is 0 Å². The van der Waals surface area contributed by atoms with Crippen molar-refractivity contribution >= 4 is 22.4 Å². The second-order valence-corrected chi connectivity index (χ2v) is 6.91. The predicted molar refractivity (Wildman–Crippen MR) is 94.2 cm³/mol. The molecule has 2 aromatic carbocycles. The molecule has 4 heteroatoms. The maximum atomic E-state index is 12.5. The van der Waals surface area contributed by atoms with Gasteiger partial charge in [-0.1, -0.05) is 36.4 Å². The summed E-state index contributed by atoms with van der Waals surface area (Å²) in [4.78, 5) is 18.4. The van der Waals surface area contributed by atoms with Gasteiger partial charge in [-0.2, -0.15) is 0 Å². The van der Waals surface area contributed by atoms with Gasteiger partial charge in [-0.05, 0) is 36.6 Å². The Labute approximate surface area is 139 Å². The highest BCUT2D eigenvalue weighted by Gasteiger charge is 2.23. The second-order valence-electron chi connectivity index (χ2n) is 5.83. The smallest absolute Gasteiger partial charge is 0.257 e. The van der Waals surface area contributed by atoms with Crippen LogP contribution in [-0.2, 0) is 6.42 Å². The first-order valence-electron chi connectivity index (χ1n) is 7.59. The van der Waals surface area contributed by atoms with Crippen molar-refractivity contribution in [2.75, 3.05) is 5.32 Å². The first-order chi connectivity index (χ1) is 11.1. The molecule has 3 aromatic rings. The Hall–Kier alpha value is -2.46. The molecule has 3 nitrogen and oxygen atoms in total. The number of hydrogen-bond acceptors (Lipinski definition) is 3. The van der Waals surface area contributed by atoms with Crippen LogP contribution in [0.1, 0.15) is 31.9 Å². The van der Waals surface area contributed by atoms with Crippen molar-refractivity contribution in [1.29, 1.82) is 0 Å². The van der Waals surface area contributed by atoms with E-state index in [4.69, 9.17) is 0 Å². The van der Waals surface area contributed by atoms with Gasteiger partial charge < -0.3 is 0 Å². The molecule has 0 bridgehead atoms. The van der Waals surface area contributed by atoms with Crippen LogP contribution in [0.25, 0.3) is 11.3 Å². The Morgan fingerprint density at radius 2 is 1.96 bits per heavy atom. The summed E-state index contributed by atoms with van der Waals surface area (Å²) in [5, 5.41) is 3.63. The standard InChI is InChI=1S/C19H16N2OS/c1-11-6-5-9-14(12(11)2)18(22)21-19-20-17-15-8-4-3-7-13(15)10-16(17)23-19/h3-9H,10H2,1-2H3,(H,20,21,22). The fourth-order valence-electron chi connectivity index (χ4n) is 2.98. The zero-order valence-electron chi connectivity index (χ0n) is 13.0. The minimum atomic E-state index is -0.0908. The number of nitrogens with zero attached hydrogens (tertiary/aromatic N) is 1. The molecule has 1 amide bonds. The number of thiazole rings is 1. The number of carbonyl (C=O) groups is 1. The van der Waals surface area contributed by atoms with Crippen molar-refractivity contribution < 1.29 is 4.79 Å². The maximum absolute atomic E-state index is 12.5. The summed E-state index contributed by atoms with van der Waals surface area (Å²) in [6, 6.07) is 14.1. The topological polar surface area (TPSA) is 42.0 Å². The molecule has 23 heavy (non-hydrogen) atoms. The van der Waals surface area contributed by atoms with Crippen molar-refractivity contribution in [3.63, 3.8) is 0 Å². The lowest BCUT2D eigenvalue weighted by Crippen LogP contribution is -2.13. The summed E-state index contributed by atoms with van der Waals surface area (Å²) in [7, 11) is 0. The molecule has 1 aromatic heterocycles. The van der Waals surface area contributed by atoms with Gasteiger partial charge in [-0.25, -0.2) is 4.98 Å². The molecule has 0 unspecified atom stereocenters. The molecule has 0 aliphatic heterocycles. The molecule has 1 heterocycles. The predicted octanol–water partition coefficient (Wildman–Crippen LogP) is 4.58. The monoisotopic (exact) mass is 320 g/mol. The van der Waals surface area contributed by atoms with Gasteiger partial charge in [0.2, 0.25) is 0 Å². The van der Waals surface area contributed by atoms with Crippen molar-refractivity contribution in [3.05, 3.63) is 69.6 Å². The van der Waals surface area contributed by atoms with E-state index in [1.807, 2.05) is 38.1 Å². The molecular formula is C19H16N2OS. The van der Waals surface area contributed by atoms with E-state index in [0.717, 1.165) is 23.2 Å². The SMILES string of the molecule is Cc1cccc(C(=O)Nc2nc3c(s2)Cc2ccccc2-3)c1C. The zero-order chi connectivity index (χ0) is 16.0. The summed E-state index contributed by atoms with van der Waals surface area (Å²) < 4.78 is 0. The first-order valence-corrected chi connectivity index (χ1v) is 8.40. The average Bonchev–Trinajstić information content (AvgIpc) is 3.07. The Morgan fingerprint density at radius 1 is 1.13 bits per heavy atom. The Morgan fingerprint density at radius 3 is 2.83 bits per heavy atom. The Bertz CT molecular complexity index is 927.